The molecule has 0 bridgehead atoms. The second-order valence-corrected chi connectivity index (χ2v) is 6.93. The molecule has 0 aromatic heterocycles. The van der Waals surface area contributed by atoms with E-state index in [0.29, 0.717) is 12.1 Å². The van der Waals surface area contributed by atoms with Crippen LogP contribution in [0.3, 0.4) is 0 Å². The van der Waals surface area contributed by atoms with Crippen molar-refractivity contribution in [3.8, 4) is 0 Å². The Hall–Kier alpha value is -0.850. The predicted molar refractivity (Wildman–Crippen MR) is 107 cm³/mol. The normalized spacial score (nSPS) is 19.0. The molecule has 6 nitrogen and oxygen atoms in total. The fraction of sp³-hybridized carbons (Fsp3) is 0.947. The Kier molecular flexibility index (Phi) is 11.9. The van der Waals surface area contributed by atoms with Gasteiger partial charge in [-0.3, -0.25) is 9.89 Å². The number of aliphatic imine (C=N–C) groups is 1. The topological polar surface area (TPSA) is 52.1 Å². The minimum absolute atomic E-state index is 0.437. The highest BCUT2D eigenvalue weighted by atomic mass is 16.5. The van der Waals surface area contributed by atoms with Crippen molar-refractivity contribution in [1.29, 1.82) is 0 Å². The average molecular weight is 356 g/mol. The molecule has 148 valence electrons. The molecule has 1 aliphatic heterocycles. The summed E-state index contributed by atoms with van der Waals surface area (Å²) >= 11 is 0. The molecular formula is C19H41N5O. The van der Waals surface area contributed by atoms with E-state index in [4.69, 9.17) is 9.73 Å². The highest BCUT2D eigenvalue weighted by molar-refractivity contribution is 5.80. The zero-order chi connectivity index (χ0) is 18.5. The third-order valence-corrected chi connectivity index (χ3v) is 4.92. The van der Waals surface area contributed by atoms with Crippen molar-refractivity contribution in [2.75, 3.05) is 59.0 Å². The van der Waals surface area contributed by atoms with Crippen molar-refractivity contribution in [2.24, 2.45) is 4.99 Å². The lowest BCUT2D eigenvalue weighted by atomic mass is 10.2. The van der Waals surface area contributed by atoms with Crippen molar-refractivity contribution < 1.29 is 4.74 Å². The van der Waals surface area contributed by atoms with Crippen molar-refractivity contribution in [3.05, 3.63) is 0 Å². The Morgan fingerprint density at radius 3 is 2.44 bits per heavy atom. The molecule has 1 rings (SSSR count). The van der Waals surface area contributed by atoms with Gasteiger partial charge in [0.25, 0.3) is 0 Å². The van der Waals surface area contributed by atoms with E-state index in [1.165, 1.54) is 19.4 Å². The van der Waals surface area contributed by atoms with E-state index in [2.05, 4.69) is 55.1 Å². The van der Waals surface area contributed by atoms with E-state index in [0.717, 1.165) is 58.4 Å². The quantitative estimate of drug-likeness (QED) is 0.437. The van der Waals surface area contributed by atoms with Crippen LogP contribution >= 0.6 is 0 Å². The van der Waals surface area contributed by atoms with Gasteiger partial charge in [-0.05, 0) is 53.2 Å². The van der Waals surface area contributed by atoms with Gasteiger partial charge >= 0.3 is 0 Å². The van der Waals surface area contributed by atoms with Crippen LogP contribution in [-0.4, -0.2) is 86.9 Å². The van der Waals surface area contributed by atoms with Crippen LogP contribution in [0.15, 0.2) is 4.99 Å². The van der Waals surface area contributed by atoms with Gasteiger partial charge in [-0.1, -0.05) is 13.8 Å². The van der Waals surface area contributed by atoms with Crippen LogP contribution in [0.5, 0.6) is 0 Å². The third kappa shape index (κ3) is 9.42. The Bertz CT molecular complexity index is 354. The van der Waals surface area contributed by atoms with Gasteiger partial charge in [0.05, 0.1) is 19.8 Å². The first-order valence-electron chi connectivity index (χ1n) is 10.2. The standard InChI is InChI=1S/C19H41N5O/c1-6-20-19(21-16-18(5)24-12-14-25-15-13-24)22-17(4)10-9-11-23(7-2)8-3/h17-18H,6-16H2,1-5H3,(H2,20,21,22). The summed E-state index contributed by atoms with van der Waals surface area (Å²) in [7, 11) is 0. The molecule has 1 aliphatic rings. The number of hydrogen-bond donors (Lipinski definition) is 2. The second-order valence-electron chi connectivity index (χ2n) is 6.93. The molecule has 0 aromatic carbocycles. The van der Waals surface area contributed by atoms with Crippen LogP contribution in [0.2, 0.25) is 0 Å². The van der Waals surface area contributed by atoms with E-state index in [-0.39, 0.29) is 0 Å². The van der Waals surface area contributed by atoms with E-state index >= 15 is 0 Å². The number of rotatable bonds is 11. The molecule has 0 saturated carbocycles. The van der Waals surface area contributed by atoms with Crippen molar-refractivity contribution >= 4 is 5.96 Å². The van der Waals surface area contributed by atoms with E-state index in [9.17, 15) is 0 Å². The minimum Gasteiger partial charge on any atom is -0.379 e. The molecule has 0 spiro atoms. The van der Waals surface area contributed by atoms with E-state index in [1.54, 1.807) is 0 Å². The Labute approximate surface area is 155 Å². The summed E-state index contributed by atoms with van der Waals surface area (Å²) in [5.74, 6) is 0.943. The molecule has 2 N–H and O–H groups in total. The number of ether oxygens (including phenoxy) is 1. The van der Waals surface area contributed by atoms with Gasteiger partial charge in [0.15, 0.2) is 5.96 Å². The molecule has 6 heteroatoms. The molecule has 1 heterocycles. The molecule has 1 saturated heterocycles. The first-order valence-corrected chi connectivity index (χ1v) is 10.2. The molecule has 0 aromatic rings. The molecular weight excluding hydrogens is 314 g/mol. The second kappa shape index (κ2) is 13.4. The summed E-state index contributed by atoms with van der Waals surface area (Å²) in [6.07, 6.45) is 2.39. The zero-order valence-electron chi connectivity index (χ0n) is 17.2. The number of hydrogen-bond acceptors (Lipinski definition) is 4. The lowest BCUT2D eigenvalue weighted by Crippen LogP contribution is -2.45. The summed E-state index contributed by atoms with van der Waals surface area (Å²) in [4.78, 5) is 9.75. The van der Waals surface area contributed by atoms with Crippen molar-refractivity contribution in [1.82, 2.24) is 20.4 Å². The maximum absolute atomic E-state index is 5.43. The van der Waals surface area contributed by atoms with Gasteiger partial charge in [-0.2, -0.15) is 0 Å². The van der Waals surface area contributed by atoms with Gasteiger partial charge in [0, 0.05) is 31.7 Å². The molecule has 2 atom stereocenters. The number of guanidine groups is 1. The number of morpholine rings is 1. The van der Waals surface area contributed by atoms with E-state index < -0.39 is 0 Å². The lowest BCUT2D eigenvalue weighted by molar-refractivity contribution is 0.0220. The first kappa shape index (κ1) is 22.2. The van der Waals surface area contributed by atoms with Crippen LogP contribution in [0.1, 0.15) is 47.5 Å². The fourth-order valence-electron chi connectivity index (χ4n) is 3.14. The van der Waals surface area contributed by atoms with Gasteiger partial charge in [-0.25, -0.2) is 0 Å². The molecule has 0 amide bonds. The molecule has 1 fully saturated rings. The van der Waals surface area contributed by atoms with Crippen molar-refractivity contribution in [3.63, 3.8) is 0 Å². The highest BCUT2D eigenvalue weighted by Gasteiger charge is 2.16. The van der Waals surface area contributed by atoms with Gasteiger partial charge in [-0.15, -0.1) is 0 Å². The van der Waals surface area contributed by atoms with Crippen LogP contribution < -0.4 is 10.6 Å². The Balaban J connectivity index is 2.37. The third-order valence-electron chi connectivity index (χ3n) is 4.92. The SMILES string of the molecule is CCNC(=NCC(C)N1CCOCC1)NC(C)CCCN(CC)CC. The first-order chi connectivity index (χ1) is 12.1. The summed E-state index contributed by atoms with van der Waals surface area (Å²) < 4.78 is 5.43. The largest absolute Gasteiger partial charge is 0.379 e. The predicted octanol–water partition coefficient (Wildman–Crippen LogP) is 1.77. The lowest BCUT2D eigenvalue weighted by Gasteiger charge is -2.31. The maximum Gasteiger partial charge on any atom is 0.191 e. The zero-order valence-corrected chi connectivity index (χ0v) is 17.2. The van der Waals surface area contributed by atoms with Gasteiger partial charge < -0.3 is 20.3 Å². The number of nitrogens with one attached hydrogen (secondary N) is 2. The maximum atomic E-state index is 5.43. The smallest absolute Gasteiger partial charge is 0.191 e. The Morgan fingerprint density at radius 1 is 1.16 bits per heavy atom. The monoisotopic (exact) mass is 355 g/mol. The van der Waals surface area contributed by atoms with Crippen LogP contribution in [0, 0.1) is 0 Å². The van der Waals surface area contributed by atoms with E-state index in [1.807, 2.05) is 0 Å². The summed E-state index contributed by atoms with van der Waals surface area (Å²) in [6, 6.07) is 0.893. The number of nitrogens with zero attached hydrogens (tertiary/aromatic N) is 3. The van der Waals surface area contributed by atoms with Gasteiger partial charge in [0.1, 0.15) is 0 Å². The Morgan fingerprint density at radius 2 is 1.84 bits per heavy atom. The summed E-state index contributed by atoms with van der Waals surface area (Å²) in [5.41, 5.74) is 0. The molecule has 0 aliphatic carbocycles. The average Bonchev–Trinajstić information content (AvgIpc) is 2.64. The van der Waals surface area contributed by atoms with Gasteiger partial charge in [0.2, 0.25) is 0 Å². The minimum atomic E-state index is 0.437. The highest BCUT2D eigenvalue weighted by Crippen LogP contribution is 2.04. The molecule has 0 radical (unpaired) electrons. The fourth-order valence-corrected chi connectivity index (χ4v) is 3.14. The van der Waals surface area contributed by atoms with Crippen LogP contribution in [-0.2, 0) is 4.74 Å². The van der Waals surface area contributed by atoms with Crippen LogP contribution in [0.25, 0.3) is 0 Å². The van der Waals surface area contributed by atoms with Crippen molar-refractivity contribution in [2.45, 2.75) is 59.5 Å². The summed E-state index contributed by atoms with van der Waals surface area (Å²) in [6.45, 7) is 20.0. The molecule has 25 heavy (non-hydrogen) atoms. The van der Waals surface area contributed by atoms with Crippen LogP contribution in [0.4, 0.5) is 0 Å². The molecule has 2 unspecified atom stereocenters. The summed E-state index contributed by atoms with van der Waals surface area (Å²) in [5, 5.41) is 6.94.